The van der Waals surface area contributed by atoms with Gasteiger partial charge in [0.1, 0.15) is 0 Å². The lowest BCUT2D eigenvalue weighted by molar-refractivity contribution is 1.72. The fourth-order valence-corrected chi connectivity index (χ4v) is 2.70. The molecule has 0 atom stereocenters. The molecule has 3 rings (SSSR count). The Morgan fingerprint density at radius 3 is 2.38 bits per heavy atom. The third-order valence-corrected chi connectivity index (χ3v) is 3.58. The molecule has 0 aliphatic heterocycles. The molecule has 0 aliphatic rings. The molecule has 0 N–H and O–H groups in total. The highest BCUT2D eigenvalue weighted by Crippen LogP contribution is 2.32. The molecule has 0 aromatic heterocycles. The van der Waals surface area contributed by atoms with Crippen LogP contribution in [0.2, 0.25) is 5.02 Å². The zero-order chi connectivity index (χ0) is 11.1. The molecule has 2 heteroatoms. The third-order valence-electron chi connectivity index (χ3n) is 2.77. The van der Waals surface area contributed by atoms with Gasteiger partial charge in [0.2, 0.25) is 0 Å². The van der Waals surface area contributed by atoms with Crippen molar-refractivity contribution in [1.29, 1.82) is 0 Å². The lowest BCUT2D eigenvalue weighted by atomic mass is 10.0. The molecule has 0 unspecified atom stereocenters. The Morgan fingerprint density at radius 2 is 1.56 bits per heavy atom. The molecule has 0 aliphatic carbocycles. The molecule has 0 radical (unpaired) electrons. The maximum absolute atomic E-state index is 6.27. The predicted molar refractivity (Wildman–Crippen MR) is 74.2 cm³/mol. The zero-order valence-electron chi connectivity index (χ0n) is 8.37. The molecule has 0 saturated carbocycles. The molecule has 0 heterocycles. The number of rotatable bonds is 0. The van der Waals surface area contributed by atoms with E-state index < -0.39 is 0 Å². The van der Waals surface area contributed by atoms with E-state index in [1.165, 1.54) is 10.8 Å². The van der Waals surface area contributed by atoms with E-state index in [2.05, 4.69) is 46.3 Å². The van der Waals surface area contributed by atoms with Gasteiger partial charge in [0.25, 0.3) is 0 Å². The van der Waals surface area contributed by atoms with Crippen LogP contribution in [0.3, 0.4) is 0 Å². The highest BCUT2D eigenvalue weighted by atomic mass is 79.9. The van der Waals surface area contributed by atoms with E-state index in [4.69, 9.17) is 11.6 Å². The fourth-order valence-electron chi connectivity index (χ4n) is 2.04. The van der Waals surface area contributed by atoms with Gasteiger partial charge in [-0.2, -0.15) is 0 Å². The van der Waals surface area contributed by atoms with E-state index in [9.17, 15) is 0 Å². The first kappa shape index (κ1) is 10.1. The average molecular weight is 292 g/mol. The van der Waals surface area contributed by atoms with Crippen molar-refractivity contribution in [2.45, 2.75) is 0 Å². The number of hydrogen-bond donors (Lipinski definition) is 0. The van der Waals surface area contributed by atoms with Gasteiger partial charge in [0, 0.05) is 14.9 Å². The van der Waals surface area contributed by atoms with Crippen molar-refractivity contribution in [2.24, 2.45) is 0 Å². The average Bonchev–Trinajstić information content (AvgIpc) is 2.29. The van der Waals surface area contributed by atoms with Crippen LogP contribution in [0.4, 0.5) is 0 Å². The summed E-state index contributed by atoms with van der Waals surface area (Å²) in [5.41, 5.74) is 0. The molecule has 0 fully saturated rings. The largest absolute Gasteiger partial charge is 0.0836 e. The summed E-state index contributed by atoms with van der Waals surface area (Å²) in [5.74, 6) is 0. The van der Waals surface area contributed by atoms with Crippen LogP contribution in [-0.2, 0) is 0 Å². The molecular weight excluding hydrogens is 284 g/mol. The van der Waals surface area contributed by atoms with Gasteiger partial charge >= 0.3 is 0 Å². The van der Waals surface area contributed by atoms with Crippen LogP contribution in [0.15, 0.2) is 53.0 Å². The quantitative estimate of drug-likeness (QED) is 0.486. The van der Waals surface area contributed by atoms with Gasteiger partial charge in [-0.25, -0.2) is 0 Å². The van der Waals surface area contributed by atoms with E-state index in [0.717, 1.165) is 20.3 Å². The molecule has 0 spiro atoms. The molecule has 3 aromatic rings. The second-order valence-corrected chi connectivity index (χ2v) is 5.09. The summed E-state index contributed by atoms with van der Waals surface area (Å²) in [6.45, 7) is 0. The minimum absolute atomic E-state index is 0.807. The molecule has 0 amide bonds. The Kier molecular flexibility index (Phi) is 2.38. The Bertz CT molecular complexity index is 689. The SMILES string of the molecule is Clc1cc2cc(Br)ccc2c2ccccc12. The van der Waals surface area contributed by atoms with Crippen molar-refractivity contribution >= 4 is 49.1 Å². The Labute approximate surface area is 107 Å². The molecule has 78 valence electrons. The molecule has 3 aromatic carbocycles. The summed E-state index contributed by atoms with van der Waals surface area (Å²) in [5, 5.41) is 5.53. The van der Waals surface area contributed by atoms with Crippen molar-refractivity contribution in [3.63, 3.8) is 0 Å². The van der Waals surface area contributed by atoms with Gasteiger partial charge < -0.3 is 0 Å². The topological polar surface area (TPSA) is 0 Å². The first-order valence-electron chi connectivity index (χ1n) is 5.02. The second-order valence-electron chi connectivity index (χ2n) is 3.77. The molecule has 0 saturated heterocycles. The summed E-state index contributed by atoms with van der Waals surface area (Å²) in [6.07, 6.45) is 0. The van der Waals surface area contributed by atoms with Gasteiger partial charge in [0.15, 0.2) is 0 Å². The van der Waals surface area contributed by atoms with Crippen LogP contribution in [0.25, 0.3) is 21.5 Å². The van der Waals surface area contributed by atoms with Crippen LogP contribution in [-0.4, -0.2) is 0 Å². The fraction of sp³-hybridized carbons (Fsp3) is 0. The second kappa shape index (κ2) is 3.76. The number of hydrogen-bond acceptors (Lipinski definition) is 0. The van der Waals surface area contributed by atoms with E-state index >= 15 is 0 Å². The van der Waals surface area contributed by atoms with Crippen molar-refractivity contribution in [3.05, 3.63) is 58.0 Å². The van der Waals surface area contributed by atoms with Gasteiger partial charge in [0.05, 0.1) is 0 Å². The highest BCUT2D eigenvalue weighted by molar-refractivity contribution is 9.10. The molecule has 0 bridgehead atoms. The number of fused-ring (bicyclic) bond motifs is 3. The van der Waals surface area contributed by atoms with Crippen LogP contribution in [0.5, 0.6) is 0 Å². The van der Waals surface area contributed by atoms with E-state index in [0.29, 0.717) is 0 Å². The van der Waals surface area contributed by atoms with Gasteiger partial charge in [-0.3, -0.25) is 0 Å². The maximum atomic E-state index is 6.27. The molecule has 16 heavy (non-hydrogen) atoms. The van der Waals surface area contributed by atoms with E-state index in [1.807, 2.05) is 18.2 Å². The Hall–Kier alpha value is -1.05. The minimum Gasteiger partial charge on any atom is -0.0836 e. The summed E-state index contributed by atoms with van der Waals surface area (Å²) < 4.78 is 1.08. The van der Waals surface area contributed by atoms with Crippen molar-refractivity contribution in [1.82, 2.24) is 0 Å². The lowest BCUT2D eigenvalue weighted by Gasteiger charge is -2.06. The first-order chi connectivity index (χ1) is 7.75. The number of halogens is 2. The summed E-state index contributed by atoms with van der Waals surface area (Å²) in [4.78, 5) is 0. The van der Waals surface area contributed by atoms with Crippen LogP contribution >= 0.6 is 27.5 Å². The van der Waals surface area contributed by atoms with E-state index in [1.54, 1.807) is 0 Å². The minimum atomic E-state index is 0.807. The van der Waals surface area contributed by atoms with Crippen LogP contribution in [0.1, 0.15) is 0 Å². The summed E-state index contributed by atoms with van der Waals surface area (Å²) in [7, 11) is 0. The zero-order valence-corrected chi connectivity index (χ0v) is 10.7. The Morgan fingerprint density at radius 1 is 0.812 bits per heavy atom. The van der Waals surface area contributed by atoms with Gasteiger partial charge in [-0.15, -0.1) is 0 Å². The monoisotopic (exact) mass is 290 g/mol. The van der Waals surface area contributed by atoms with Gasteiger partial charge in [-0.05, 0) is 34.4 Å². The van der Waals surface area contributed by atoms with Crippen molar-refractivity contribution < 1.29 is 0 Å². The van der Waals surface area contributed by atoms with Crippen molar-refractivity contribution in [3.8, 4) is 0 Å². The lowest BCUT2D eigenvalue weighted by Crippen LogP contribution is -1.79. The predicted octanol–water partition coefficient (Wildman–Crippen LogP) is 5.41. The van der Waals surface area contributed by atoms with Crippen LogP contribution < -0.4 is 0 Å². The van der Waals surface area contributed by atoms with Crippen molar-refractivity contribution in [2.75, 3.05) is 0 Å². The van der Waals surface area contributed by atoms with Gasteiger partial charge in [-0.1, -0.05) is 57.9 Å². The molecular formula is C14H8BrCl. The molecule has 0 nitrogen and oxygen atoms in total. The normalized spacial score (nSPS) is 11.1. The maximum Gasteiger partial charge on any atom is 0.0490 e. The van der Waals surface area contributed by atoms with Crippen LogP contribution in [0, 0.1) is 0 Å². The van der Waals surface area contributed by atoms with E-state index in [-0.39, 0.29) is 0 Å². The third kappa shape index (κ3) is 1.51. The first-order valence-corrected chi connectivity index (χ1v) is 6.19. The number of benzene rings is 3. The highest BCUT2D eigenvalue weighted by Gasteiger charge is 2.04. The standard InChI is InChI=1S/C14H8BrCl/c15-10-5-6-11-9(7-10)8-14(16)13-4-2-1-3-12(11)13/h1-8H. The Balaban J connectivity index is 2.59. The summed E-state index contributed by atoms with van der Waals surface area (Å²) >= 11 is 9.75. The smallest absolute Gasteiger partial charge is 0.0490 e. The summed E-state index contributed by atoms with van der Waals surface area (Å²) in [6, 6.07) is 16.5.